The molecule has 116 valence electrons. The van der Waals surface area contributed by atoms with E-state index in [0.717, 1.165) is 22.3 Å². The fourth-order valence-electron chi connectivity index (χ4n) is 2.13. The number of halogens is 1. The molecule has 0 heterocycles. The zero-order chi connectivity index (χ0) is 16.3. The zero-order valence-corrected chi connectivity index (χ0v) is 14.0. The summed E-state index contributed by atoms with van der Waals surface area (Å²) >= 11 is 6.09. The maximum absolute atomic E-state index is 11.9. The largest absolute Gasteiger partial charge is 0.482 e. The Balaban J connectivity index is 2.00. The van der Waals surface area contributed by atoms with Crippen LogP contribution >= 0.6 is 11.6 Å². The van der Waals surface area contributed by atoms with Gasteiger partial charge in [-0.05, 0) is 68.1 Å². The number of rotatable bonds is 4. The Morgan fingerprint density at radius 2 is 1.64 bits per heavy atom. The van der Waals surface area contributed by atoms with Crippen LogP contribution in [0.3, 0.4) is 0 Å². The van der Waals surface area contributed by atoms with Gasteiger partial charge in [-0.1, -0.05) is 23.7 Å². The van der Waals surface area contributed by atoms with Gasteiger partial charge in [0, 0.05) is 5.02 Å². The Hall–Kier alpha value is -2.00. The quantitative estimate of drug-likeness (QED) is 0.612. The van der Waals surface area contributed by atoms with Crippen molar-refractivity contribution in [3.05, 3.63) is 57.6 Å². The third kappa shape index (κ3) is 4.01. The summed E-state index contributed by atoms with van der Waals surface area (Å²) in [4.78, 5) is 11.9. The molecule has 0 amide bonds. The van der Waals surface area contributed by atoms with Crippen molar-refractivity contribution in [1.82, 2.24) is 0 Å². The summed E-state index contributed by atoms with van der Waals surface area (Å²) < 4.78 is 10.8. The van der Waals surface area contributed by atoms with Gasteiger partial charge in [-0.15, -0.1) is 0 Å². The molecule has 0 spiro atoms. The average molecular weight is 319 g/mol. The van der Waals surface area contributed by atoms with Gasteiger partial charge in [0.25, 0.3) is 0 Å². The molecule has 2 aromatic rings. The molecule has 0 fully saturated rings. The highest BCUT2D eigenvalue weighted by atomic mass is 35.5. The van der Waals surface area contributed by atoms with E-state index in [1.807, 2.05) is 45.9 Å². The molecule has 0 bridgehead atoms. The summed E-state index contributed by atoms with van der Waals surface area (Å²) in [6.45, 7) is 7.53. The predicted octanol–water partition coefficient (Wildman–Crippen LogP) is 4.56. The molecule has 0 atom stereocenters. The molecule has 0 saturated heterocycles. The molecule has 2 rings (SSSR count). The van der Waals surface area contributed by atoms with Crippen molar-refractivity contribution in [2.45, 2.75) is 27.7 Å². The first-order valence-corrected chi connectivity index (χ1v) is 7.42. The summed E-state index contributed by atoms with van der Waals surface area (Å²) in [5.41, 5.74) is 3.81. The normalized spacial score (nSPS) is 10.4. The van der Waals surface area contributed by atoms with E-state index in [1.54, 1.807) is 12.1 Å². The minimum absolute atomic E-state index is 0.134. The van der Waals surface area contributed by atoms with Gasteiger partial charge >= 0.3 is 5.97 Å². The molecule has 0 aromatic heterocycles. The van der Waals surface area contributed by atoms with E-state index >= 15 is 0 Å². The number of hydrogen-bond acceptors (Lipinski definition) is 3. The topological polar surface area (TPSA) is 35.5 Å². The van der Waals surface area contributed by atoms with Crippen molar-refractivity contribution in [2.24, 2.45) is 0 Å². The molecule has 22 heavy (non-hydrogen) atoms. The lowest BCUT2D eigenvalue weighted by atomic mass is 10.1. The molecular formula is C18H19ClO3. The van der Waals surface area contributed by atoms with Crippen LogP contribution in [0.15, 0.2) is 30.3 Å². The van der Waals surface area contributed by atoms with Crippen LogP contribution in [0.25, 0.3) is 0 Å². The van der Waals surface area contributed by atoms with Crippen LogP contribution in [0.2, 0.25) is 5.02 Å². The minimum Gasteiger partial charge on any atom is -0.482 e. The summed E-state index contributed by atoms with van der Waals surface area (Å²) in [6.07, 6.45) is 0. The molecule has 0 unspecified atom stereocenters. The molecule has 0 aliphatic carbocycles. The Bertz CT molecular complexity index is 684. The molecule has 4 heteroatoms. The van der Waals surface area contributed by atoms with Crippen molar-refractivity contribution in [3.8, 4) is 11.5 Å². The Morgan fingerprint density at radius 1 is 1.00 bits per heavy atom. The predicted molar refractivity (Wildman–Crippen MR) is 88.0 cm³/mol. The second kappa shape index (κ2) is 6.84. The first-order valence-electron chi connectivity index (χ1n) is 7.04. The lowest BCUT2D eigenvalue weighted by Crippen LogP contribution is -2.18. The van der Waals surface area contributed by atoms with Gasteiger partial charge in [0.05, 0.1) is 0 Å². The van der Waals surface area contributed by atoms with E-state index in [9.17, 15) is 4.79 Å². The number of ether oxygens (including phenoxy) is 2. The van der Waals surface area contributed by atoms with Gasteiger partial charge in [-0.2, -0.15) is 0 Å². The molecule has 0 N–H and O–H groups in total. The van der Waals surface area contributed by atoms with Crippen LogP contribution in [0.5, 0.6) is 11.5 Å². The first kappa shape index (κ1) is 16.4. The van der Waals surface area contributed by atoms with E-state index in [0.29, 0.717) is 16.5 Å². The standard InChI is InChI=1S/C18H19ClO3/c1-11-5-6-12(2)16(7-11)21-10-17(20)22-15-8-13(3)18(19)14(4)9-15/h5-9H,10H2,1-4H3. The second-order valence-electron chi connectivity index (χ2n) is 5.40. The molecule has 0 saturated carbocycles. The van der Waals surface area contributed by atoms with Crippen molar-refractivity contribution >= 4 is 17.6 Å². The van der Waals surface area contributed by atoms with Crippen LogP contribution < -0.4 is 9.47 Å². The number of hydrogen-bond donors (Lipinski definition) is 0. The van der Waals surface area contributed by atoms with Crippen LogP contribution in [-0.2, 0) is 4.79 Å². The average Bonchev–Trinajstić information content (AvgIpc) is 2.45. The molecular weight excluding hydrogens is 300 g/mol. The van der Waals surface area contributed by atoms with Crippen molar-refractivity contribution in [1.29, 1.82) is 0 Å². The maximum atomic E-state index is 11.9. The monoisotopic (exact) mass is 318 g/mol. The van der Waals surface area contributed by atoms with Gasteiger partial charge in [0.1, 0.15) is 11.5 Å². The van der Waals surface area contributed by atoms with Gasteiger partial charge in [-0.3, -0.25) is 0 Å². The van der Waals surface area contributed by atoms with Gasteiger partial charge in [0.15, 0.2) is 6.61 Å². The lowest BCUT2D eigenvalue weighted by Gasteiger charge is -2.11. The van der Waals surface area contributed by atoms with Crippen molar-refractivity contribution in [2.75, 3.05) is 6.61 Å². The van der Waals surface area contributed by atoms with E-state index in [-0.39, 0.29) is 6.61 Å². The Labute approximate surface area is 135 Å². The van der Waals surface area contributed by atoms with Gasteiger partial charge < -0.3 is 9.47 Å². The maximum Gasteiger partial charge on any atom is 0.349 e. The number of esters is 1. The van der Waals surface area contributed by atoms with E-state index in [1.165, 1.54) is 0 Å². The van der Waals surface area contributed by atoms with Crippen LogP contribution in [0.1, 0.15) is 22.3 Å². The summed E-state index contributed by atoms with van der Waals surface area (Å²) in [6, 6.07) is 9.34. The van der Waals surface area contributed by atoms with E-state index < -0.39 is 5.97 Å². The third-order valence-electron chi connectivity index (χ3n) is 3.33. The van der Waals surface area contributed by atoms with Gasteiger partial charge in [0.2, 0.25) is 0 Å². The zero-order valence-electron chi connectivity index (χ0n) is 13.2. The highest BCUT2D eigenvalue weighted by molar-refractivity contribution is 6.32. The van der Waals surface area contributed by atoms with Crippen molar-refractivity contribution < 1.29 is 14.3 Å². The summed E-state index contributed by atoms with van der Waals surface area (Å²) in [7, 11) is 0. The minimum atomic E-state index is -0.443. The van der Waals surface area contributed by atoms with Crippen molar-refractivity contribution in [3.63, 3.8) is 0 Å². The van der Waals surface area contributed by atoms with Gasteiger partial charge in [-0.25, -0.2) is 4.79 Å². The highest BCUT2D eigenvalue weighted by Crippen LogP contribution is 2.26. The molecule has 0 aliphatic rings. The molecule has 0 aliphatic heterocycles. The number of aryl methyl sites for hydroxylation is 4. The fraction of sp³-hybridized carbons (Fsp3) is 0.278. The number of carbonyl (C=O) groups is 1. The molecule has 0 radical (unpaired) electrons. The highest BCUT2D eigenvalue weighted by Gasteiger charge is 2.10. The summed E-state index contributed by atoms with van der Waals surface area (Å²) in [5.74, 6) is 0.733. The smallest absolute Gasteiger partial charge is 0.349 e. The van der Waals surface area contributed by atoms with E-state index in [4.69, 9.17) is 21.1 Å². The first-order chi connectivity index (χ1) is 10.4. The Morgan fingerprint density at radius 3 is 2.27 bits per heavy atom. The third-order valence-corrected chi connectivity index (χ3v) is 3.93. The van der Waals surface area contributed by atoms with E-state index in [2.05, 4.69) is 0 Å². The molecule has 2 aromatic carbocycles. The number of benzene rings is 2. The van der Waals surface area contributed by atoms with Crippen LogP contribution in [0, 0.1) is 27.7 Å². The van der Waals surface area contributed by atoms with Crippen LogP contribution in [-0.4, -0.2) is 12.6 Å². The SMILES string of the molecule is Cc1ccc(C)c(OCC(=O)Oc2cc(C)c(Cl)c(C)c2)c1. The fourth-order valence-corrected chi connectivity index (χ4v) is 2.23. The number of carbonyl (C=O) groups excluding carboxylic acids is 1. The lowest BCUT2D eigenvalue weighted by molar-refractivity contribution is -0.136. The Kier molecular flexibility index (Phi) is 5.09. The second-order valence-corrected chi connectivity index (χ2v) is 5.78. The molecule has 3 nitrogen and oxygen atoms in total. The summed E-state index contributed by atoms with van der Waals surface area (Å²) in [5, 5.41) is 0.687. The van der Waals surface area contributed by atoms with Crippen LogP contribution in [0.4, 0.5) is 0 Å².